The van der Waals surface area contributed by atoms with E-state index in [2.05, 4.69) is 19.9 Å². The van der Waals surface area contributed by atoms with Crippen LogP contribution in [0.3, 0.4) is 0 Å². The minimum atomic E-state index is -4.90. The van der Waals surface area contributed by atoms with Gasteiger partial charge in [0.05, 0.1) is 0 Å². The number of aromatic nitrogens is 3. The van der Waals surface area contributed by atoms with E-state index in [1.165, 1.54) is 25.2 Å². The zero-order valence-corrected chi connectivity index (χ0v) is 22.1. The molecule has 6 nitrogen and oxygen atoms in total. The van der Waals surface area contributed by atoms with E-state index < -0.39 is 30.0 Å². The van der Waals surface area contributed by atoms with Crippen molar-refractivity contribution in [3.05, 3.63) is 78.0 Å². The lowest BCUT2D eigenvalue weighted by Crippen LogP contribution is -2.50. The van der Waals surface area contributed by atoms with Crippen molar-refractivity contribution in [2.24, 2.45) is 0 Å². The van der Waals surface area contributed by atoms with E-state index >= 15 is 0 Å². The normalized spacial score (nSPS) is 16.6. The Bertz CT molecular complexity index is 1450. The number of likely N-dealkylation sites (tertiary alicyclic amines) is 1. The Morgan fingerprint density at radius 3 is 2.36 bits per heavy atom. The molecule has 2 aromatic carbocycles. The number of hydrogen-bond acceptors (Lipinski definition) is 5. The molecule has 2 aromatic heterocycles. The Morgan fingerprint density at radius 1 is 0.949 bits per heavy atom. The number of phenolic OH excluding ortho intramolecular Hbond substituents is 1. The van der Waals surface area contributed by atoms with E-state index in [-0.39, 0.29) is 5.75 Å². The molecular formula is C30H33F3N4O2. The summed E-state index contributed by atoms with van der Waals surface area (Å²) in [6.07, 6.45) is 0.755. The van der Waals surface area contributed by atoms with E-state index in [0.717, 1.165) is 36.1 Å². The maximum absolute atomic E-state index is 14.5. The average molecular weight is 539 g/mol. The molecule has 206 valence electrons. The van der Waals surface area contributed by atoms with Crippen molar-refractivity contribution in [1.29, 1.82) is 0 Å². The second kappa shape index (κ2) is 10.3. The number of aromatic hydroxyl groups is 1. The van der Waals surface area contributed by atoms with Crippen LogP contribution in [0, 0.1) is 0 Å². The average Bonchev–Trinajstić information content (AvgIpc) is 3.52. The van der Waals surface area contributed by atoms with Crippen LogP contribution in [0.25, 0.3) is 22.0 Å². The molecule has 0 aliphatic carbocycles. The molecule has 3 heterocycles. The lowest BCUT2D eigenvalue weighted by Gasteiger charge is -2.38. The van der Waals surface area contributed by atoms with Crippen molar-refractivity contribution in [2.75, 3.05) is 13.1 Å². The van der Waals surface area contributed by atoms with Crippen LogP contribution in [0.1, 0.15) is 49.9 Å². The summed E-state index contributed by atoms with van der Waals surface area (Å²) in [5.74, 6) is -0.138. The number of halogens is 3. The van der Waals surface area contributed by atoms with Crippen molar-refractivity contribution in [2.45, 2.75) is 63.3 Å². The number of nitrogens with zero attached hydrogens (tertiary/aromatic N) is 3. The molecule has 5 rings (SSSR count). The molecule has 1 atom stereocenters. The van der Waals surface area contributed by atoms with E-state index in [9.17, 15) is 23.4 Å². The van der Waals surface area contributed by atoms with E-state index in [1.54, 1.807) is 44.4 Å². The van der Waals surface area contributed by atoms with Crippen LogP contribution >= 0.6 is 0 Å². The Hall–Kier alpha value is -3.43. The third-order valence-corrected chi connectivity index (χ3v) is 7.71. The maximum atomic E-state index is 14.5. The molecule has 9 heteroatoms. The smallest absolute Gasteiger partial charge is 0.417 e. The van der Waals surface area contributed by atoms with E-state index in [0.29, 0.717) is 22.4 Å². The number of nitrogens with one attached hydrogen (secondary N) is 1. The lowest BCUT2D eigenvalue weighted by atomic mass is 9.72. The highest BCUT2D eigenvalue weighted by atomic mass is 19.4. The number of aliphatic hydroxyl groups is 1. The second-order valence-corrected chi connectivity index (χ2v) is 11.3. The fraction of sp³-hybridized carbons (Fsp3) is 0.400. The van der Waals surface area contributed by atoms with Gasteiger partial charge in [-0.05, 0) is 84.6 Å². The third kappa shape index (κ3) is 5.79. The Kier molecular flexibility index (Phi) is 7.15. The minimum Gasteiger partial charge on any atom is -0.508 e. The largest absolute Gasteiger partial charge is 0.508 e. The predicted octanol–water partition coefficient (Wildman–Crippen LogP) is 6.13. The van der Waals surface area contributed by atoms with Gasteiger partial charge in [-0.25, -0.2) is 9.97 Å². The van der Waals surface area contributed by atoms with Crippen LogP contribution in [0.5, 0.6) is 5.75 Å². The van der Waals surface area contributed by atoms with Crippen molar-refractivity contribution >= 4 is 10.9 Å². The first-order chi connectivity index (χ1) is 18.4. The molecule has 0 amide bonds. The van der Waals surface area contributed by atoms with Gasteiger partial charge in [0.15, 0.2) is 5.60 Å². The number of H-pyrrole nitrogens is 1. The molecule has 1 aliphatic heterocycles. The fourth-order valence-electron chi connectivity index (χ4n) is 5.74. The molecule has 1 saturated heterocycles. The summed E-state index contributed by atoms with van der Waals surface area (Å²) in [5, 5.41) is 22.6. The number of aromatic amines is 1. The summed E-state index contributed by atoms with van der Waals surface area (Å²) < 4.78 is 43.4. The number of hydrogen-bond donors (Lipinski definition) is 3. The molecule has 0 radical (unpaired) electrons. The van der Waals surface area contributed by atoms with Gasteiger partial charge in [0.2, 0.25) is 0 Å². The topological polar surface area (TPSA) is 85.3 Å². The van der Waals surface area contributed by atoms with Gasteiger partial charge in [-0.3, -0.25) is 4.90 Å². The monoisotopic (exact) mass is 538 g/mol. The van der Waals surface area contributed by atoms with Gasteiger partial charge in [-0.2, -0.15) is 13.2 Å². The van der Waals surface area contributed by atoms with Gasteiger partial charge < -0.3 is 15.2 Å². The number of benzene rings is 2. The molecule has 0 bridgehead atoms. The predicted molar refractivity (Wildman–Crippen MR) is 144 cm³/mol. The standard InChI is InChI=1S/C30H33F3N4O2/c1-28(2,25-13-21(6-8-27(25)38)23-15-34-19-35-16-23)18-29(39,30(31,32)33)14-24-12-22-11-20(5-7-26(22)36-24)17-37-9-3-4-10-37/h5-8,11-13,15-16,19,36,38-39H,3-4,9-10,14,17-18H2,1-2H3. The quantitative estimate of drug-likeness (QED) is 0.251. The van der Waals surface area contributed by atoms with E-state index in [1.807, 2.05) is 18.2 Å². The van der Waals surface area contributed by atoms with Gasteiger partial charge in [-0.1, -0.05) is 26.0 Å². The zero-order chi connectivity index (χ0) is 27.8. The highest BCUT2D eigenvalue weighted by Crippen LogP contribution is 2.45. The highest BCUT2D eigenvalue weighted by Gasteiger charge is 2.56. The Balaban J connectivity index is 1.42. The molecule has 0 saturated carbocycles. The van der Waals surface area contributed by atoms with Crippen LogP contribution in [0.15, 0.2) is 61.2 Å². The molecular weight excluding hydrogens is 505 g/mol. The molecule has 1 aliphatic rings. The van der Waals surface area contributed by atoms with Gasteiger partial charge in [0, 0.05) is 47.7 Å². The van der Waals surface area contributed by atoms with Crippen LogP contribution in [-0.2, 0) is 18.4 Å². The summed E-state index contributed by atoms with van der Waals surface area (Å²) in [6.45, 7) is 6.12. The van der Waals surface area contributed by atoms with Gasteiger partial charge in [0.1, 0.15) is 12.1 Å². The summed E-state index contributed by atoms with van der Waals surface area (Å²) >= 11 is 0. The van der Waals surface area contributed by atoms with Gasteiger partial charge >= 0.3 is 6.18 Å². The first-order valence-corrected chi connectivity index (χ1v) is 13.1. The highest BCUT2D eigenvalue weighted by molar-refractivity contribution is 5.81. The maximum Gasteiger partial charge on any atom is 0.417 e. The van der Waals surface area contributed by atoms with Crippen molar-refractivity contribution < 1.29 is 23.4 Å². The molecule has 39 heavy (non-hydrogen) atoms. The molecule has 4 aromatic rings. The second-order valence-electron chi connectivity index (χ2n) is 11.3. The fourth-order valence-corrected chi connectivity index (χ4v) is 5.74. The number of phenols is 1. The Morgan fingerprint density at radius 2 is 1.67 bits per heavy atom. The van der Waals surface area contributed by atoms with E-state index in [4.69, 9.17) is 0 Å². The number of rotatable bonds is 8. The molecule has 1 fully saturated rings. The molecule has 1 unspecified atom stereocenters. The van der Waals surface area contributed by atoms with Crippen molar-refractivity contribution in [1.82, 2.24) is 19.9 Å². The summed E-state index contributed by atoms with van der Waals surface area (Å²) in [7, 11) is 0. The summed E-state index contributed by atoms with van der Waals surface area (Å²) in [4.78, 5) is 13.4. The first kappa shape index (κ1) is 27.1. The van der Waals surface area contributed by atoms with Crippen molar-refractivity contribution in [3.63, 3.8) is 0 Å². The van der Waals surface area contributed by atoms with Gasteiger partial charge in [0.25, 0.3) is 0 Å². The zero-order valence-electron chi connectivity index (χ0n) is 22.1. The van der Waals surface area contributed by atoms with Crippen LogP contribution in [0.4, 0.5) is 13.2 Å². The van der Waals surface area contributed by atoms with Crippen molar-refractivity contribution in [3.8, 4) is 16.9 Å². The lowest BCUT2D eigenvalue weighted by molar-refractivity contribution is -0.266. The molecule has 0 spiro atoms. The number of fused-ring (bicyclic) bond motifs is 1. The molecule has 3 N–H and O–H groups in total. The van der Waals surface area contributed by atoms with Gasteiger partial charge in [-0.15, -0.1) is 0 Å². The van der Waals surface area contributed by atoms with Crippen LogP contribution in [0.2, 0.25) is 0 Å². The number of alkyl halides is 3. The SMILES string of the molecule is CC(C)(CC(O)(Cc1cc2cc(CN3CCCC3)ccc2[nH]1)C(F)(F)F)c1cc(-c2cncnc2)ccc1O. The van der Waals surface area contributed by atoms with Crippen LogP contribution < -0.4 is 0 Å². The first-order valence-electron chi connectivity index (χ1n) is 13.1. The van der Waals surface area contributed by atoms with Crippen LogP contribution in [-0.4, -0.2) is 54.9 Å². The minimum absolute atomic E-state index is 0.138. The summed E-state index contributed by atoms with van der Waals surface area (Å²) in [6, 6.07) is 12.3. The third-order valence-electron chi connectivity index (χ3n) is 7.71. The summed E-state index contributed by atoms with van der Waals surface area (Å²) in [5.41, 5.74) is -0.484. The Labute approximate surface area is 225 Å².